The molecule has 0 aliphatic heterocycles. The molecule has 0 aliphatic rings. The largest absolute Gasteiger partial charge is 0.351 e. The van der Waals surface area contributed by atoms with E-state index >= 15 is 0 Å². The van der Waals surface area contributed by atoms with Crippen molar-refractivity contribution in [3.63, 3.8) is 0 Å². The van der Waals surface area contributed by atoms with Crippen molar-refractivity contribution in [2.45, 2.75) is 58.5 Å². The minimum absolute atomic E-state index is 0.0485. The number of carbonyl (C=O) groups excluding carboxylic acids is 1. The molecule has 0 unspecified atom stereocenters. The molecule has 1 aromatic carbocycles. The summed E-state index contributed by atoms with van der Waals surface area (Å²) in [6, 6.07) is 6.48. The van der Waals surface area contributed by atoms with Gasteiger partial charge in [0.15, 0.2) is 0 Å². The highest BCUT2D eigenvalue weighted by Crippen LogP contribution is 2.28. The summed E-state index contributed by atoms with van der Waals surface area (Å²) in [6.45, 7) is 12.3. The van der Waals surface area contributed by atoms with E-state index in [0.29, 0.717) is 5.75 Å². The Morgan fingerprint density at radius 2 is 1.87 bits per heavy atom. The second-order valence-electron chi connectivity index (χ2n) is 6.99. The Kier molecular flexibility index (Phi) is 5.35. The Morgan fingerprint density at radius 1 is 1.22 bits per heavy atom. The molecule has 1 heterocycles. The van der Waals surface area contributed by atoms with Crippen LogP contribution in [-0.2, 0) is 11.2 Å². The first-order valence-electron chi connectivity index (χ1n) is 8.05. The van der Waals surface area contributed by atoms with Gasteiger partial charge in [0.05, 0.1) is 11.3 Å². The molecule has 0 fully saturated rings. The summed E-state index contributed by atoms with van der Waals surface area (Å²) in [5, 5.41) is 5.18. The SMILES string of the molecule is CCc1cc2c(C)ccc(C)c2nc1SCC(=O)NC(C)(C)C. The van der Waals surface area contributed by atoms with Crippen LogP contribution in [0.3, 0.4) is 0 Å². The summed E-state index contributed by atoms with van der Waals surface area (Å²) in [5.41, 5.74) is 4.47. The average molecular weight is 330 g/mol. The van der Waals surface area contributed by atoms with Crippen molar-refractivity contribution >= 4 is 28.6 Å². The van der Waals surface area contributed by atoms with Crippen LogP contribution in [0.15, 0.2) is 23.2 Å². The summed E-state index contributed by atoms with van der Waals surface area (Å²) in [4.78, 5) is 16.9. The van der Waals surface area contributed by atoms with Gasteiger partial charge in [-0.1, -0.05) is 30.8 Å². The molecule has 0 saturated carbocycles. The maximum Gasteiger partial charge on any atom is 0.230 e. The highest BCUT2D eigenvalue weighted by atomic mass is 32.2. The Labute approximate surface area is 143 Å². The predicted molar refractivity (Wildman–Crippen MR) is 99.2 cm³/mol. The molecule has 2 rings (SSSR count). The zero-order valence-corrected chi connectivity index (χ0v) is 15.7. The van der Waals surface area contributed by atoms with Crippen molar-refractivity contribution in [3.05, 3.63) is 34.9 Å². The van der Waals surface area contributed by atoms with E-state index in [1.807, 2.05) is 20.8 Å². The fourth-order valence-electron chi connectivity index (χ4n) is 2.52. The zero-order valence-electron chi connectivity index (χ0n) is 14.9. The van der Waals surface area contributed by atoms with Crippen LogP contribution in [0, 0.1) is 13.8 Å². The summed E-state index contributed by atoms with van der Waals surface area (Å²) < 4.78 is 0. The molecule has 0 radical (unpaired) electrons. The fraction of sp³-hybridized carbons (Fsp3) is 0.474. The normalized spacial score (nSPS) is 11.7. The second kappa shape index (κ2) is 6.91. The number of fused-ring (bicyclic) bond motifs is 1. The van der Waals surface area contributed by atoms with Crippen LogP contribution in [0.25, 0.3) is 10.9 Å². The first-order valence-corrected chi connectivity index (χ1v) is 9.03. The lowest BCUT2D eigenvalue weighted by molar-refractivity contribution is -0.119. The molecular formula is C19H26N2OS. The molecule has 23 heavy (non-hydrogen) atoms. The van der Waals surface area contributed by atoms with Crippen LogP contribution in [0.4, 0.5) is 0 Å². The molecule has 0 atom stereocenters. The number of benzene rings is 1. The van der Waals surface area contributed by atoms with Gasteiger partial charge in [-0.05, 0) is 63.8 Å². The average Bonchev–Trinajstić information content (AvgIpc) is 2.46. The molecule has 1 aromatic heterocycles. The van der Waals surface area contributed by atoms with Crippen LogP contribution in [0.1, 0.15) is 44.4 Å². The number of pyridine rings is 1. The van der Waals surface area contributed by atoms with E-state index in [-0.39, 0.29) is 11.4 Å². The minimum Gasteiger partial charge on any atom is -0.351 e. The molecule has 0 aliphatic carbocycles. The highest BCUT2D eigenvalue weighted by Gasteiger charge is 2.15. The van der Waals surface area contributed by atoms with Gasteiger partial charge in [-0.3, -0.25) is 4.79 Å². The predicted octanol–water partition coefficient (Wildman–Crippen LogP) is 4.42. The lowest BCUT2D eigenvalue weighted by Gasteiger charge is -2.20. The lowest BCUT2D eigenvalue weighted by Crippen LogP contribution is -2.41. The number of nitrogens with zero attached hydrogens (tertiary/aromatic N) is 1. The third kappa shape index (κ3) is 4.47. The van der Waals surface area contributed by atoms with E-state index in [9.17, 15) is 4.79 Å². The number of nitrogens with one attached hydrogen (secondary N) is 1. The standard InChI is InChI=1S/C19H26N2OS/c1-7-14-10-15-12(2)8-9-13(3)17(15)20-18(14)23-11-16(22)21-19(4,5)6/h8-10H,7,11H2,1-6H3,(H,21,22). The molecule has 1 amide bonds. The number of rotatable bonds is 4. The van der Waals surface area contributed by atoms with Gasteiger partial charge in [-0.2, -0.15) is 0 Å². The van der Waals surface area contributed by atoms with Crippen molar-refractivity contribution in [1.82, 2.24) is 10.3 Å². The first kappa shape index (κ1) is 17.8. The Morgan fingerprint density at radius 3 is 2.48 bits per heavy atom. The van der Waals surface area contributed by atoms with E-state index < -0.39 is 0 Å². The van der Waals surface area contributed by atoms with E-state index in [2.05, 4.69) is 44.3 Å². The third-order valence-electron chi connectivity index (χ3n) is 3.68. The van der Waals surface area contributed by atoms with Crippen LogP contribution < -0.4 is 5.32 Å². The number of amides is 1. The van der Waals surface area contributed by atoms with E-state index in [1.54, 1.807) is 0 Å². The summed E-state index contributed by atoms with van der Waals surface area (Å²) in [6.07, 6.45) is 0.916. The topological polar surface area (TPSA) is 42.0 Å². The van der Waals surface area contributed by atoms with Crippen LogP contribution >= 0.6 is 11.8 Å². The summed E-state index contributed by atoms with van der Waals surface area (Å²) >= 11 is 1.53. The molecule has 0 saturated heterocycles. The van der Waals surface area contributed by atoms with Gasteiger partial charge in [-0.25, -0.2) is 4.98 Å². The molecule has 0 bridgehead atoms. The van der Waals surface area contributed by atoms with Crippen molar-refractivity contribution in [2.75, 3.05) is 5.75 Å². The molecule has 3 nitrogen and oxygen atoms in total. The molecule has 2 aromatic rings. The van der Waals surface area contributed by atoms with Gasteiger partial charge in [0.25, 0.3) is 0 Å². The Balaban J connectivity index is 2.30. The molecule has 4 heteroatoms. The van der Waals surface area contributed by atoms with Gasteiger partial charge in [0.1, 0.15) is 5.03 Å². The van der Waals surface area contributed by atoms with Gasteiger partial charge >= 0.3 is 0 Å². The van der Waals surface area contributed by atoms with Crippen LogP contribution in [-0.4, -0.2) is 22.2 Å². The van der Waals surface area contributed by atoms with Crippen molar-refractivity contribution in [1.29, 1.82) is 0 Å². The lowest BCUT2D eigenvalue weighted by atomic mass is 10.0. The van der Waals surface area contributed by atoms with E-state index in [0.717, 1.165) is 17.0 Å². The quantitative estimate of drug-likeness (QED) is 0.844. The molecule has 1 N–H and O–H groups in total. The van der Waals surface area contributed by atoms with Gasteiger partial charge in [0, 0.05) is 10.9 Å². The number of thioether (sulfide) groups is 1. The van der Waals surface area contributed by atoms with Crippen molar-refractivity contribution in [3.8, 4) is 0 Å². The summed E-state index contributed by atoms with van der Waals surface area (Å²) in [7, 11) is 0. The van der Waals surface area contributed by atoms with Crippen molar-refractivity contribution in [2.24, 2.45) is 0 Å². The maximum atomic E-state index is 12.1. The minimum atomic E-state index is -0.199. The van der Waals surface area contributed by atoms with Crippen LogP contribution in [0.2, 0.25) is 0 Å². The Bertz CT molecular complexity index is 732. The highest BCUT2D eigenvalue weighted by molar-refractivity contribution is 7.99. The molecular weight excluding hydrogens is 304 g/mol. The van der Waals surface area contributed by atoms with Crippen LogP contribution in [0.5, 0.6) is 0 Å². The summed E-state index contributed by atoms with van der Waals surface area (Å²) in [5.74, 6) is 0.445. The molecule has 124 valence electrons. The smallest absolute Gasteiger partial charge is 0.230 e. The maximum absolute atomic E-state index is 12.1. The second-order valence-corrected chi connectivity index (χ2v) is 7.95. The number of hydrogen-bond donors (Lipinski definition) is 1. The number of hydrogen-bond acceptors (Lipinski definition) is 3. The number of carbonyl (C=O) groups is 1. The molecule has 0 spiro atoms. The third-order valence-corrected chi connectivity index (χ3v) is 4.71. The van der Waals surface area contributed by atoms with Gasteiger partial charge in [-0.15, -0.1) is 0 Å². The van der Waals surface area contributed by atoms with Gasteiger partial charge in [0.2, 0.25) is 5.91 Å². The van der Waals surface area contributed by atoms with Crippen molar-refractivity contribution < 1.29 is 4.79 Å². The van der Waals surface area contributed by atoms with E-state index in [1.165, 1.54) is 33.8 Å². The van der Waals surface area contributed by atoms with E-state index in [4.69, 9.17) is 4.98 Å². The first-order chi connectivity index (χ1) is 10.7. The number of aromatic nitrogens is 1. The zero-order chi connectivity index (χ0) is 17.2. The fourth-order valence-corrected chi connectivity index (χ4v) is 3.41. The monoisotopic (exact) mass is 330 g/mol. The number of aryl methyl sites for hydroxylation is 3. The van der Waals surface area contributed by atoms with Gasteiger partial charge < -0.3 is 5.32 Å². The Hall–Kier alpha value is -1.55.